The van der Waals surface area contributed by atoms with E-state index >= 15 is 0 Å². The summed E-state index contributed by atoms with van der Waals surface area (Å²) in [7, 11) is -5.37. The van der Waals surface area contributed by atoms with E-state index in [1.807, 2.05) is 0 Å². The fraction of sp³-hybridized carbons (Fsp3) is 0.556. The smallest absolute Gasteiger partial charge is 0.189 e. The van der Waals surface area contributed by atoms with Gasteiger partial charge in [0.25, 0.3) is 0 Å². The van der Waals surface area contributed by atoms with E-state index in [1.54, 1.807) is 6.07 Å². The molecule has 0 amide bonds. The zero-order valence-corrected chi connectivity index (χ0v) is 10.5. The van der Waals surface area contributed by atoms with Crippen molar-refractivity contribution in [3.05, 3.63) is 12.2 Å². The monoisotopic (exact) mass is 293 g/mol. The molecule has 3 atom stereocenters. The van der Waals surface area contributed by atoms with E-state index in [1.165, 1.54) is 0 Å². The van der Waals surface area contributed by atoms with Gasteiger partial charge in [0.05, 0.1) is 20.0 Å². The molecule has 0 saturated carbocycles. The second kappa shape index (κ2) is 7.47. The van der Waals surface area contributed by atoms with Gasteiger partial charge in [0.15, 0.2) is 5.78 Å². The van der Waals surface area contributed by atoms with Crippen LogP contribution in [0.1, 0.15) is 6.42 Å². The number of carbonyl (C=O) groups excluding carboxylic acids is 1. The molecule has 0 aromatic heterocycles. The van der Waals surface area contributed by atoms with Gasteiger partial charge < -0.3 is 34.2 Å². The van der Waals surface area contributed by atoms with Crippen LogP contribution >= 0.6 is 7.82 Å². The third-order valence-electron chi connectivity index (χ3n) is 2.03. The van der Waals surface area contributed by atoms with Crippen molar-refractivity contribution in [2.75, 3.05) is 6.61 Å². The Morgan fingerprint density at radius 3 is 2.37 bits per heavy atom. The first-order valence-electron chi connectivity index (χ1n) is 4.90. The Hall–Kier alpha value is -1.11. The molecule has 9 nitrogen and oxygen atoms in total. The summed E-state index contributed by atoms with van der Waals surface area (Å²) in [5, 5.41) is 36.4. The van der Waals surface area contributed by atoms with Gasteiger partial charge in [-0.05, 0) is 0 Å². The summed E-state index contributed by atoms with van der Waals surface area (Å²) < 4.78 is 13.7. The van der Waals surface area contributed by atoms with Crippen molar-refractivity contribution in [3.8, 4) is 6.07 Å². The second-order valence-corrected chi connectivity index (χ2v) is 4.76. The highest BCUT2D eigenvalue weighted by Gasteiger charge is 2.30. The Morgan fingerprint density at radius 2 is 1.95 bits per heavy atom. The van der Waals surface area contributed by atoms with Crippen molar-refractivity contribution in [1.29, 1.82) is 5.26 Å². The fourth-order valence-corrected chi connectivity index (χ4v) is 1.33. The standard InChI is InChI=1S/C9H14NO8P/c1-5(3-10)2-6(11)8(13)9(14)7(12)4-18-19(15,16)17/h6,8-9,11,13-14H,1-2,4H2,(H2,15,16,17)/p-2/t6-,8?,9?/m1/s1. The maximum atomic E-state index is 11.2. The van der Waals surface area contributed by atoms with Crippen LogP contribution in [0.15, 0.2) is 12.2 Å². The van der Waals surface area contributed by atoms with E-state index in [-0.39, 0.29) is 12.0 Å². The van der Waals surface area contributed by atoms with Crippen LogP contribution in [0, 0.1) is 11.3 Å². The van der Waals surface area contributed by atoms with E-state index in [0.29, 0.717) is 0 Å². The number of rotatable bonds is 8. The minimum atomic E-state index is -5.37. The number of phosphoric acid groups is 1. The maximum absolute atomic E-state index is 11.2. The third kappa shape index (κ3) is 7.15. The van der Waals surface area contributed by atoms with E-state index in [2.05, 4.69) is 11.1 Å². The van der Waals surface area contributed by atoms with Crippen molar-refractivity contribution in [2.45, 2.75) is 24.7 Å². The predicted octanol–water partition coefficient (Wildman–Crippen LogP) is -3.05. The first kappa shape index (κ1) is 17.9. The zero-order chi connectivity index (χ0) is 15.2. The molecule has 0 saturated heterocycles. The number of aliphatic hydroxyl groups excluding tert-OH is 3. The number of nitriles is 1. The molecule has 0 aliphatic rings. The van der Waals surface area contributed by atoms with Gasteiger partial charge in [-0.3, -0.25) is 4.79 Å². The molecule has 0 spiro atoms. The van der Waals surface area contributed by atoms with Crippen LogP contribution in [0.3, 0.4) is 0 Å². The van der Waals surface area contributed by atoms with Gasteiger partial charge in [0, 0.05) is 12.0 Å². The Kier molecular flexibility index (Phi) is 7.04. The van der Waals surface area contributed by atoms with Gasteiger partial charge in [-0.15, -0.1) is 0 Å². The number of nitrogens with zero attached hydrogens (tertiary/aromatic N) is 1. The molecule has 0 fully saturated rings. The summed E-state index contributed by atoms with van der Waals surface area (Å²) in [4.78, 5) is 31.4. The average molecular weight is 293 g/mol. The zero-order valence-electron chi connectivity index (χ0n) is 9.63. The lowest BCUT2D eigenvalue weighted by Crippen LogP contribution is -2.44. The summed E-state index contributed by atoms with van der Waals surface area (Å²) in [6.07, 6.45) is -6.17. The lowest BCUT2D eigenvalue weighted by molar-refractivity contribution is -0.341. The predicted molar refractivity (Wildman–Crippen MR) is 56.0 cm³/mol. The van der Waals surface area contributed by atoms with Crippen LogP contribution < -0.4 is 9.79 Å². The Morgan fingerprint density at radius 1 is 1.42 bits per heavy atom. The van der Waals surface area contributed by atoms with Crippen molar-refractivity contribution >= 4 is 13.6 Å². The normalized spacial score (nSPS) is 16.2. The summed E-state index contributed by atoms with van der Waals surface area (Å²) in [6, 6.07) is 1.59. The highest BCUT2D eigenvalue weighted by molar-refractivity contribution is 7.43. The van der Waals surface area contributed by atoms with Gasteiger partial charge in [-0.25, -0.2) is 0 Å². The molecule has 0 radical (unpaired) electrons. The van der Waals surface area contributed by atoms with Gasteiger partial charge in [0.2, 0.25) is 0 Å². The lowest BCUT2D eigenvalue weighted by atomic mass is 9.99. The van der Waals surface area contributed by atoms with Gasteiger partial charge in [-0.2, -0.15) is 5.26 Å². The molecule has 10 heteroatoms. The molecule has 3 N–H and O–H groups in total. The van der Waals surface area contributed by atoms with Gasteiger partial charge in [-0.1, -0.05) is 6.58 Å². The van der Waals surface area contributed by atoms with Crippen molar-refractivity contribution in [3.63, 3.8) is 0 Å². The molecule has 0 aromatic rings. The van der Waals surface area contributed by atoms with Crippen LogP contribution in [0.4, 0.5) is 0 Å². The average Bonchev–Trinajstić information content (AvgIpc) is 2.32. The Bertz CT molecular complexity index is 424. The molecule has 0 rings (SSSR count). The van der Waals surface area contributed by atoms with Gasteiger partial charge in [0.1, 0.15) is 18.8 Å². The fourth-order valence-electron chi connectivity index (χ4n) is 1.05. The minimum absolute atomic E-state index is 0.0916. The molecule has 0 heterocycles. The van der Waals surface area contributed by atoms with Crippen molar-refractivity contribution in [2.24, 2.45) is 0 Å². The molecule has 0 aliphatic carbocycles. The number of ketones is 1. The first-order chi connectivity index (χ1) is 8.58. The first-order valence-corrected chi connectivity index (χ1v) is 6.36. The Balaban J connectivity index is 4.43. The summed E-state index contributed by atoms with van der Waals surface area (Å²) in [5.74, 6) is -1.30. The number of hydrogen-bond acceptors (Lipinski definition) is 9. The SMILES string of the molecule is C=C(C#N)C[C@@H](O)C(O)C(O)C(=O)COP(=O)([O-])[O-]. The lowest BCUT2D eigenvalue weighted by Gasteiger charge is -2.29. The highest BCUT2D eigenvalue weighted by Crippen LogP contribution is 2.24. The summed E-state index contributed by atoms with van der Waals surface area (Å²) in [6.45, 7) is 1.97. The molecule has 2 unspecified atom stereocenters. The minimum Gasteiger partial charge on any atom is -0.790 e. The van der Waals surface area contributed by atoms with E-state index in [9.17, 15) is 34.5 Å². The van der Waals surface area contributed by atoms with E-state index in [0.717, 1.165) is 0 Å². The molecular weight excluding hydrogens is 281 g/mol. The van der Waals surface area contributed by atoms with Crippen LogP contribution in [-0.4, -0.2) is 46.0 Å². The van der Waals surface area contributed by atoms with Crippen LogP contribution in [-0.2, 0) is 13.9 Å². The maximum Gasteiger partial charge on any atom is 0.189 e. The number of aliphatic hydroxyl groups is 3. The second-order valence-electron chi connectivity index (χ2n) is 3.61. The van der Waals surface area contributed by atoms with Crippen LogP contribution in [0.25, 0.3) is 0 Å². The van der Waals surface area contributed by atoms with Gasteiger partial charge >= 0.3 is 0 Å². The number of carbonyl (C=O) groups is 1. The van der Waals surface area contributed by atoms with E-state index in [4.69, 9.17) is 5.26 Å². The molecule has 19 heavy (non-hydrogen) atoms. The van der Waals surface area contributed by atoms with E-state index < -0.39 is 38.5 Å². The van der Waals surface area contributed by atoms with Crippen LogP contribution in [0.2, 0.25) is 0 Å². The molecule has 0 bridgehead atoms. The van der Waals surface area contributed by atoms with Crippen LogP contribution in [0.5, 0.6) is 0 Å². The highest BCUT2D eigenvalue weighted by atomic mass is 31.2. The molecular formula is C9H12NO8P-2. The Labute approximate surface area is 108 Å². The third-order valence-corrected chi connectivity index (χ3v) is 2.47. The van der Waals surface area contributed by atoms with Crippen molar-refractivity contribution in [1.82, 2.24) is 0 Å². The quantitative estimate of drug-likeness (QED) is 0.310. The van der Waals surface area contributed by atoms with Crippen molar-refractivity contribution < 1.29 is 39.0 Å². The number of hydrogen-bond donors (Lipinski definition) is 3. The largest absolute Gasteiger partial charge is 0.790 e. The number of Topliss-reactive ketones (excluding diaryl/α,β-unsaturated/α-hetero) is 1. The number of phosphoric ester groups is 1. The summed E-state index contributed by atoms with van der Waals surface area (Å²) in [5.41, 5.74) is -0.0916. The topological polar surface area (TPSA) is 174 Å². The molecule has 0 aromatic carbocycles. The summed E-state index contributed by atoms with van der Waals surface area (Å²) >= 11 is 0. The molecule has 0 aliphatic heterocycles. The molecule has 108 valence electrons.